The van der Waals surface area contributed by atoms with Crippen LogP contribution in [0.1, 0.15) is 21.8 Å². The number of oxazole rings is 1. The quantitative estimate of drug-likeness (QED) is 0.486. The van der Waals surface area contributed by atoms with Crippen LogP contribution in [-0.4, -0.2) is 23.0 Å². The molecule has 8 heteroatoms. The topological polar surface area (TPSA) is 95.5 Å². The zero-order valence-electron chi connectivity index (χ0n) is 11.6. The van der Waals surface area contributed by atoms with Gasteiger partial charge >= 0.3 is 5.97 Å². The highest BCUT2D eigenvalue weighted by atomic mass is 32.2. The molecule has 0 saturated carbocycles. The van der Waals surface area contributed by atoms with Gasteiger partial charge in [0, 0.05) is 6.07 Å². The van der Waals surface area contributed by atoms with Gasteiger partial charge in [0.25, 0.3) is 10.9 Å². The highest BCUT2D eigenvalue weighted by Gasteiger charge is 2.20. The predicted molar refractivity (Wildman–Crippen MR) is 74.5 cm³/mol. The lowest BCUT2D eigenvalue weighted by molar-refractivity contribution is -0.387. The molecule has 1 aromatic carbocycles. The van der Waals surface area contributed by atoms with Gasteiger partial charge in [-0.05, 0) is 37.7 Å². The summed E-state index contributed by atoms with van der Waals surface area (Å²) >= 11 is 0.992. The predicted octanol–water partition coefficient (Wildman–Crippen LogP) is 3.14. The largest absolute Gasteiger partial charge is 0.465 e. The SMILES string of the molecule is COC(=O)c1ccc([N+](=O)[O-])c(Sc2nc(C)c(C)o2)c1. The van der Waals surface area contributed by atoms with Crippen LogP contribution in [-0.2, 0) is 4.74 Å². The summed E-state index contributed by atoms with van der Waals surface area (Å²) in [6.45, 7) is 3.54. The smallest absolute Gasteiger partial charge is 0.337 e. The molecule has 0 unspecified atom stereocenters. The Balaban J connectivity index is 2.43. The summed E-state index contributed by atoms with van der Waals surface area (Å²) in [7, 11) is 1.25. The van der Waals surface area contributed by atoms with Crippen LogP contribution in [0.5, 0.6) is 0 Å². The van der Waals surface area contributed by atoms with Gasteiger partial charge in [-0.15, -0.1) is 0 Å². The van der Waals surface area contributed by atoms with E-state index in [1.165, 1.54) is 25.3 Å². The van der Waals surface area contributed by atoms with E-state index in [1.807, 2.05) is 0 Å². The Hall–Kier alpha value is -2.35. The van der Waals surface area contributed by atoms with E-state index in [9.17, 15) is 14.9 Å². The number of carbonyl (C=O) groups is 1. The Kier molecular flexibility index (Phi) is 4.27. The molecule has 110 valence electrons. The number of hydrogen-bond donors (Lipinski definition) is 0. The van der Waals surface area contributed by atoms with E-state index in [0.29, 0.717) is 11.5 Å². The van der Waals surface area contributed by atoms with Crippen LogP contribution in [0.25, 0.3) is 0 Å². The van der Waals surface area contributed by atoms with Gasteiger partial charge in [0.2, 0.25) is 0 Å². The zero-order chi connectivity index (χ0) is 15.6. The summed E-state index contributed by atoms with van der Waals surface area (Å²) in [5, 5.41) is 11.3. The number of esters is 1. The lowest BCUT2D eigenvalue weighted by Crippen LogP contribution is -2.02. The molecule has 1 heterocycles. The van der Waals surface area contributed by atoms with Crippen LogP contribution in [0, 0.1) is 24.0 Å². The van der Waals surface area contributed by atoms with E-state index < -0.39 is 10.9 Å². The molecule has 1 aromatic heterocycles. The summed E-state index contributed by atoms with van der Waals surface area (Å²) in [5.74, 6) is 0.0794. The first-order chi connectivity index (χ1) is 9.92. The third-order valence-electron chi connectivity index (χ3n) is 2.78. The number of ether oxygens (including phenoxy) is 1. The second kappa shape index (κ2) is 5.96. The molecule has 0 saturated heterocycles. The van der Waals surface area contributed by atoms with E-state index in [-0.39, 0.29) is 21.4 Å². The molecule has 0 aliphatic rings. The monoisotopic (exact) mass is 308 g/mol. The Morgan fingerprint density at radius 3 is 2.67 bits per heavy atom. The fourth-order valence-corrected chi connectivity index (χ4v) is 2.54. The molecule has 0 atom stereocenters. The van der Waals surface area contributed by atoms with Crippen molar-refractivity contribution in [3.05, 3.63) is 45.3 Å². The molecule has 0 aliphatic carbocycles. The molecule has 0 aliphatic heterocycles. The van der Waals surface area contributed by atoms with E-state index in [2.05, 4.69) is 9.72 Å². The minimum absolute atomic E-state index is 0.124. The Morgan fingerprint density at radius 1 is 1.43 bits per heavy atom. The number of carbonyl (C=O) groups excluding carboxylic acids is 1. The van der Waals surface area contributed by atoms with Crippen molar-refractivity contribution in [2.75, 3.05) is 7.11 Å². The van der Waals surface area contributed by atoms with Gasteiger partial charge in [-0.25, -0.2) is 9.78 Å². The van der Waals surface area contributed by atoms with Crippen LogP contribution in [0.2, 0.25) is 0 Å². The summed E-state index contributed by atoms with van der Waals surface area (Å²) < 4.78 is 10.0. The minimum Gasteiger partial charge on any atom is -0.465 e. The minimum atomic E-state index is -0.563. The van der Waals surface area contributed by atoms with Gasteiger partial charge in [-0.1, -0.05) is 0 Å². The van der Waals surface area contributed by atoms with Gasteiger partial charge in [-0.2, -0.15) is 0 Å². The van der Waals surface area contributed by atoms with Crippen molar-refractivity contribution in [1.29, 1.82) is 0 Å². The Labute approximate surface area is 124 Å². The highest BCUT2D eigenvalue weighted by molar-refractivity contribution is 7.99. The number of aryl methyl sites for hydroxylation is 2. The summed E-state index contributed by atoms with van der Waals surface area (Å²) in [4.78, 5) is 26.5. The fourth-order valence-electron chi connectivity index (χ4n) is 1.57. The van der Waals surface area contributed by atoms with Crippen LogP contribution in [0.4, 0.5) is 5.69 Å². The number of nitro benzene ring substituents is 1. The first kappa shape index (κ1) is 15.0. The molecule has 0 N–H and O–H groups in total. The molecule has 2 rings (SSSR count). The van der Waals surface area contributed by atoms with Crippen LogP contribution in [0.3, 0.4) is 0 Å². The molecule has 0 fully saturated rings. The van der Waals surface area contributed by atoms with Crippen molar-refractivity contribution in [3.63, 3.8) is 0 Å². The third kappa shape index (κ3) is 3.22. The number of hydrogen-bond acceptors (Lipinski definition) is 7. The van der Waals surface area contributed by atoms with Crippen LogP contribution in [0.15, 0.2) is 32.7 Å². The van der Waals surface area contributed by atoms with Crippen molar-refractivity contribution in [1.82, 2.24) is 4.98 Å². The molecule has 0 amide bonds. The fraction of sp³-hybridized carbons (Fsp3) is 0.231. The number of aromatic nitrogens is 1. The standard InChI is InChI=1S/C13H12N2O5S/c1-7-8(2)20-13(14-7)21-11-6-9(12(16)19-3)4-5-10(11)15(17)18/h4-6H,1-3H3. The van der Waals surface area contributed by atoms with Crippen molar-refractivity contribution in [2.45, 2.75) is 24.0 Å². The summed E-state index contributed by atoms with van der Waals surface area (Å²) in [6, 6.07) is 4.00. The lowest BCUT2D eigenvalue weighted by Gasteiger charge is -2.03. The number of methoxy groups -OCH3 is 1. The van der Waals surface area contributed by atoms with Gasteiger partial charge in [0.05, 0.1) is 28.2 Å². The van der Waals surface area contributed by atoms with Crippen molar-refractivity contribution in [3.8, 4) is 0 Å². The molecule has 0 spiro atoms. The van der Waals surface area contributed by atoms with E-state index >= 15 is 0 Å². The van der Waals surface area contributed by atoms with E-state index in [0.717, 1.165) is 11.8 Å². The van der Waals surface area contributed by atoms with Crippen LogP contribution >= 0.6 is 11.8 Å². The Bertz CT molecular complexity index is 691. The normalized spacial score (nSPS) is 10.4. The molecule has 7 nitrogen and oxygen atoms in total. The molecule has 2 aromatic rings. The van der Waals surface area contributed by atoms with Gasteiger partial charge in [0.15, 0.2) is 0 Å². The van der Waals surface area contributed by atoms with Gasteiger partial charge < -0.3 is 9.15 Å². The molecular formula is C13H12N2O5S. The Morgan fingerprint density at radius 2 is 2.14 bits per heavy atom. The summed E-state index contributed by atoms with van der Waals surface area (Å²) in [5.41, 5.74) is 0.816. The second-order valence-electron chi connectivity index (χ2n) is 4.15. The van der Waals surface area contributed by atoms with E-state index in [4.69, 9.17) is 4.42 Å². The van der Waals surface area contributed by atoms with Gasteiger partial charge in [0.1, 0.15) is 5.76 Å². The average Bonchev–Trinajstić information content (AvgIpc) is 2.76. The first-order valence-electron chi connectivity index (χ1n) is 5.91. The summed E-state index contributed by atoms with van der Waals surface area (Å²) in [6.07, 6.45) is 0. The maximum Gasteiger partial charge on any atom is 0.337 e. The lowest BCUT2D eigenvalue weighted by atomic mass is 10.2. The van der Waals surface area contributed by atoms with Gasteiger partial charge in [-0.3, -0.25) is 10.1 Å². The third-order valence-corrected chi connectivity index (χ3v) is 3.68. The number of nitro groups is 1. The molecular weight excluding hydrogens is 296 g/mol. The van der Waals surface area contributed by atoms with E-state index in [1.54, 1.807) is 13.8 Å². The number of nitrogens with zero attached hydrogens (tertiary/aromatic N) is 2. The maximum atomic E-state index is 11.5. The highest BCUT2D eigenvalue weighted by Crippen LogP contribution is 2.35. The number of rotatable bonds is 4. The van der Waals surface area contributed by atoms with Crippen molar-refractivity contribution in [2.24, 2.45) is 0 Å². The molecule has 0 radical (unpaired) electrons. The number of benzene rings is 1. The molecule has 0 bridgehead atoms. The maximum absolute atomic E-state index is 11.5. The average molecular weight is 308 g/mol. The molecule has 21 heavy (non-hydrogen) atoms. The second-order valence-corrected chi connectivity index (χ2v) is 5.15. The van der Waals surface area contributed by atoms with Crippen molar-refractivity contribution >= 4 is 23.4 Å². The van der Waals surface area contributed by atoms with Crippen molar-refractivity contribution < 1.29 is 18.9 Å². The van der Waals surface area contributed by atoms with Crippen LogP contribution < -0.4 is 0 Å². The zero-order valence-corrected chi connectivity index (χ0v) is 12.4. The first-order valence-corrected chi connectivity index (χ1v) is 6.72.